The summed E-state index contributed by atoms with van der Waals surface area (Å²) in [5.41, 5.74) is 10.3. The number of rotatable bonds is 3. The van der Waals surface area contributed by atoms with E-state index >= 15 is 0 Å². The zero-order chi connectivity index (χ0) is 7.56. The van der Waals surface area contributed by atoms with E-state index in [4.69, 9.17) is 11.5 Å². The minimum absolute atomic E-state index is 0.0938. The zero-order valence-corrected chi connectivity index (χ0v) is 5.71. The van der Waals surface area contributed by atoms with Crippen LogP contribution in [-0.4, -0.2) is 17.8 Å². The van der Waals surface area contributed by atoms with E-state index in [0.717, 1.165) is 12.8 Å². The molecule has 0 radical (unpaired) electrons. The molecule has 1 saturated carbocycles. The lowest BCUT2D eigenvalue weighted by molar-refractivity contribution is -0.116. The van der Waals surface area contributed by atoms with Crippen molar-refractivity contribution < 1.29 is 4.79 Å². The molecule has 0 aliphatic heterocycles. The average Bonchev–Trinajstić information content (AvgIpc) is 2.46. The van der Waals surface area contributed by atoms with E-state index in [9.17, 15) is 4.79 Å². The molecule has 4 heteroatoms. The maximum Gasteiger partial charge on any atom is 0.224 e. The SMILES string of the molecule is NC(=O)CC(N)=NC1CC1. The molecular formula is C6H11N3O. The van der Waals surface area contributed by atoms with Crippen LogP contribution in [-0.2, 0) is 4.79 Å². The van der Waals surface area contributed by atoms with Crippen LogP contribution in [0.5, 0.6) is 0 Å². The number of hydrogen-bond donors (Lipinski definition) is 2. The number of carbonyl (C=O) groups is 1. The van der Waals surface area contributed by atoms with E-state index in [0.29, 0.717) is 11.9 Å². The highest BCUT2D eigenvalue weighted by atomic mass is 16.1. The van der Waals surface area contributed by atoms with Crippen LogP contribution in [0.3, 0.4) is 0 Å². The quantitative estimate of drug-likeness (QED) is 0.405. The van der Waals surface area contributed by atoms with Crippen LogP contribution in [0.1, 0.15) is 19.3 Å². The molecule has 0 spiro atoms. The topological polar surface area (TPSA) is 81.5 Å². The minimum Gasteiger partial charge on any atom is -0.387 e. The number of primary amides is 1. The molecule has 1 rings (SSSR count). The van der Waals surface area contributed by atoms with Crippen molar-refractivity contribution >= 4 is 11.7 Å². The second-order valence-electron chi connectivity index (χ2n) is 2.49. The Morgan fingerprint density at radius 3 is 2.50 bits per heavy atom. The fourth-order valence-corrected chi connectivity index (χ4v) is 0.662. The van der Waals surface area contributed by atoms with Gasteiger partial charge < -0.3 is 11.5 Å². The molecular weight excluding hydrogens is 130 g/mol. The van der Waals surface area contributed by atoms with Crippen molar-refractivity contribution in [3.63, 3.8) is 0 Å². The first-order valence-electron chi connectivity index (χ1n) is 3.29. The van der Waals surface area contributed by atoms with Gasteiger partial charge in [-0.25, -0.2) is 0 Å². The standard InChI is InChI=1S/C6H11N3O/c7-5(3-6(8)10)9-4-1-2-4/h4H,1-3H2,(H2,7,9)(H2,8,10). The largest absolute Gasteiger partial charge is 0.387 e. The molecule has 1 aliphatic carbocycles. The zero-order valence-electron chi connectivity index (χ0n) is 5.71. The van der Waals surface area contributed by atoms with Crippen LogP contribution in [0.25, 0.3) is 0 Å². The van der Waals surface area contributed by atoms with E-state index in [1.807, 2.05) is 0 Å². The van der Waals surface area contributed by atoms with Gasteiger partial charge in [0.1, 0.15) is 5.84 Å². The van der Waals surface area contributed by atoms with Gasteiger partial charge in [-0.3, -0.25) is 9.79 Å². The molecule has 0 bridgehead atoms. The molecule has 0 saturated heterocycles. The number of nitrogens with two attached hydrogens (primary N) is 2. The summed E-state index contributed by atoms with van der Waals surface area (Å²) < 4.78 is 0. The number of aliphatic imine (C=N–C) groups is 1. The Hall–Kier alpha value is -1.06. The second kappa shape index (κ2) is 2.68. The molecule has 0 aromatic rings. The Balaban J connectivity index is 2.31. The monoisotopic (exact) mass is 141 g/mol. The molecule has 0 aromatic heterocycles. The van der Waals surface area contributed by atoms with E-state index in [2.05, 4.69) is 4.99 Å². The van der Waals surface area contributed by atoms with Gasteiger partial charge in [0.05, 0.1) is 12.5 Å². The lowest BCUT2D eigenvalue weighted by Crippen LogP contribution is -2.22. The fourth-order valence-electron chi connectivity index (χ4n) is 0.662. The highest BCUT2D eigenvalue weighted by Gasteiger charge is 2.20. The Morgan fingerprint density at radius 1 is 1.50 bits per heavy atom. The Morgan fingerprint density at radius 2 is 2.10 bits per heavy atom. The van der Waals surface area contributed by atoms with Crippen molar-refractivity contribution in [2.45, 2.75) is 25.3 Å². The van der Waals surface area contributed by atoms with Crippen LogP contribution in [0.15, 0.2) is 4.99 Å². The first-order chi connectivity index (χ1) is 4.68. The van der Waals surface area contributed by atoms with Gasteiger partial charge in [0, 0.05) is 0 Å². The van der Waals surface area contributed by atoms with Crippen LogP contribution in [0, 0.1) is 0 Å². The maximum atomic E-state index is 10.3. The van der Waals surface area contributed by atoms with Crippen LogP contribution in [0.2, 0.25) is 0 Å². The average molecular weight is 141 g/mol. The molecule has 10 heavy (non-hydrogen) atoms. The number of carbonyl (C=O) groups excluding carboxylic acids is 1. The van der Waals surface area contributed by atoms with Gasteiger partial charge in [-0.05, 0) is 12.8 Å². The first-order valence-corrected chi connectivity index (χ1v) is 3.29. The van der Waals surface area contributed by atoms with Gasteiger partial charge in [0.2, 0.25) is 5.91 Å². The first kappa shape index (κ1) is 7.05. The summed E-state index contributed by atoms with van der Waals surface area (Å²) >= 11 is 0. The predicted octanol–water partition coefficient (Wildman–Crippen LogP) is -0.619. The van der Waals surface area contributed by atoms with Crippen molar-refractivity contribution in [2.24, 2.45) is 16.5 Å². The number of hydrogen-bond acceptors (Lipinski definition) is 2. The Labute approximate surface area is 59.3 Å². The van der Waals surface area contributed by atoms with Crippen LogP contribution >= 0.6 is 0 Å². The van der Waals surface area contributed by atoms with E-state index < -0.39 is 5.91 Å². The van der Waals surface area contributed by atoms with Gasteiger partial charge in [0.25, 0.3) is 0 Å². The summed E-state index contributed by atoms with van der Waals surface area (Å²) in [6.45, 7) is 0. The van der Waals surface area contributed by atoms with Crippen molar-refractivity contribution in [1.82, 2.24) is 0 Å². The summed E-state index contributed by atoms with van der Waals surface area (Å²) in [5, 5.41) is 0. The molecule has 0 atom stereocenters. The van der Waals surface area contributed by atoms with Gasteiger partial charge in [-0.1, -0.05) is 0 Å². The molecule has 1 fully saturated rings. The molecule has 1 amide bonds. The van der Waals surface area contributed by atoms with Crippen LogP contribution < -0.4 is 11.5 Å². The molecule has 56 valence electrons. The normalized spacial score (nSPS) is 19.0. The third-order valence-corrected chi connectivity index (χ3v) is 1.25. The second-order valence-corrected chi connectivity index (χ2v) is 2.49. The van der Waals surface area contributed by atoms with E-state index in [1.165, 1.54) is 0 Å². The molecule has 1 aliphatic rings. The Bertz CT molecular complexity index is 172. The summed E-state index contributed by atoms with van der Waals surface area (Å²) in [5.74, 6) is -0.0445. The van der Waals surface area contributed by atoms with Crippen molar-refractivity contribution in [3.05, 3.63) is 0 Å². The van der Waals surface area contributed by atoms with Crippen molar-refractivity contribution in [2.75, 3.05) is 0 Å². The third-order valence-electron chi connectivity index (χ3n) is 1.25. The smallest absolute Gasteiger partial charge is 0.224 e. The molecule has 4 nitrogen and oxygen atoms in total. The lowest BCUT2D eigenvalue weighted by atomic mass is 10.4. The van der Waals surface area contributed by atoms with Gasteiger partial charge >= 0.3 is 0 Å². The third kappa shape index (κ3) is 2.48. The van der Waals surface area contributed by atoms with Crippen molar-refractivity contribution in [1.29, 1.82) is 0 Å². The highest BCUT2D eigenvalue weighted by molar-refractivity contribution is 5.98. The number of nitrogens with zero attached hydrogens (tertiary/aromatic N) is 1. The van der Waals surface area contributed by atoms with Crippen LogP contribution in [0.4, 0.5) is 0 Å². The van der Waals surface area contributed by atoms with Gasteiger partial charge in [-0.2, -0.15) is 0 Å². The van der Waals surface area contributed by atoms with Crippen molar-refractivity contribution in [3.8, 4) is 0 Å². The van der Waals surface area contributed by atoms with E-state index in [-0.39, 0.29) is 6.42 Å². The van der Waals surface area contributed by atoms with E-state index in [1.54, 1.807) is 0 Å². The molecule has 0 heterocycles. The number of amides is 1. The summed E-state index contributed by atoms with van der Waals surface area (Å²) in [4.78, 5) is 14.3. The molecule has 0 aromatic carbocycles. The molecule has 4 N–H and O–H groups in total. The summed E-state index contributed by atoms with van der Waals surface area (Å²) in [6, 6.07) is 0.374. The van der Waals surface area contributed by atoms with Gasteiger partial charge in [0.15, 0.2) is 0 Å². The maximum absolute atomic E-state index is 10.3. The summed E-state index contributed by atoms with van der Waals surface area (Å²) in [6.07, 6.45) is 2.29. The van der Waals surface area contributed by atoms with Gasteiger partial charge in [-0.15, -0.1) is 0 Å². The predicted molar refractivity (Wildman–Crippen MR) is 38.5 cm³/mol. The molecule has 0 unspecified atom stereocenters. The highest BCUT2D eigenvalue weighted by Crippen LogP contribution is 2.23. The lowest BCUT2D eigenvalue weighted by Gasteiger charge is -1.93. The summed E-state index contributed by atoms with van der Waals surface area (Å²) in [7, 11) is 0. The number of amidine groups is 1. The fraction of sp³-hybridized carbons (Fsp3) is 0.667. The Kier molecular flexibility index (Phi) is 1.89. The minimum atomic E-state index is -0.415.